The first-order valence-corrected chi connectivity index (χ1v) is 9.89. The van der Waals surface area contributed by atoms with E-state index in [1.165, 1.54) is 19.4 Å². The maximum Gasteiger partial charge on any atom is 0.272 e. The first kappa shape index (κ1) is 17.3. The average molecular weight is 356 g/mol. The van der Waals surface area contributed by atoms with Gasteiger partial charge in [-0.25, -0.2) is 0 Å². The number of hydrogen-bond acceptors (Lipinski definition) is 4. The fraction of sp³-hybridized carbons (Fsp3) is 0.600. The summed E-state index contributed by atoms with van der Waals surface area (Å²) in [6.07, 6.45) is 4.86. The van der Waals surface area contributed by atoms with Gasteiger partial charge in [-0.05, 0) is 50.9 Å². The number of likely N-dealkylation sites (tertiary alicyclic amines) is 1. The molecule has 26 heavy (non-hydrogen) atoms. The number of para-hydroxylation sites is 1. The van der Waals surface area contributed by atoms with Crippen LogP contribution in [0, 0.1) is 5.92 Å². The number of nitrogens with one attached hydrogen (secondary N) is 1. The van der Waals surface area contributed by atoms with E-state index in [0.717, 1.165) is 49.1 Å². The van der Waals surface area contributed by atoms with E-state index in [0.29, 0.717) is 24.8 Å². The summed E-state index contributed by atoms with van der Waals surface area (Å²) in [5, 5.41) is 8.55. The van der Waals surface area contributed by atoms with Crippen LogP contribution in [0.2, 0.25) is 0 Å². The van der Waals surface area contributed by atoms with Gasteiger partial charge in [-0.15, -0.1) is 0 Å². The highest BCUT2D eigenvalue weighted by molar-refractivity contribution is 6.06. The van der Waals surface area contributed by atoms with Crippen LogP contribution in [0.5, 0.6) is 5.75 Å². The van der Waals surface area contributed by atoms with Crippen LogP contribution >= 0.6 is 0 Å². The van der Waals surface area contributed by atoms with Gasteiger partial charge >= 0.3 is 0 Å². The highest BCUT2D eigenvalue weighted by Gasteiger charge is 2.24. The first-order chi connectivity index (χ1) is 12.8. The van der Waals surface area contributed by atoms with Gasteiger partial charge in [0.05, 0.1) is 6.54 Å². The summed E-state index contributed by atoms with van der Waals surface area (Å²) in [6.45, 7) is 7.79. The third-order valence-corrected chi connectivity index (χ3v) is 5.60. The van der Waals surface area contributed by atoms with Crippen LogP contribution in [0.1, 0.15) is 43.1 Å². The quantitative estimate of drug-likeness (QED) is 0.864. The predicted molar refractivity (Wildman–Crippen MR) is 102 cm³/mol. The first-order valence-electron chi connectivity index (χ1n) is 9.89. The van der Waals surface area contributed by atoms with Crippen molar-refractivity contribution in [3.63, 3.8) is 0 Å². The van der Waals surface area contributed by atoms with Crippen LogP contribution in [0.25, 0.3) is 10.9 Å². The van der Waals surface area contributed by atoms with Crippen molar-refractivity contribution in [2.75, 3.05) is 32.8 Å². The van der Waals surface area contributed by atoms with E-state index >= 15 is 0 Å². The molecule has 1 fully saturated rings. The number of carbonyl (C=O) groups is 1. The number of piperidine rings is 1. The number of rotatable bonds is 6. The summed E-state index contributed by atoms with van der Waals surface area (Å²) in [4.78, 5) is 15.3. The summed E-state index contributed by atoms with van der Waals surface area (Å²) in [7, 11) is 0. The van der Waals surface area contributed by atoms with Gasteiger partial charge in [0.25, 0.3) is 5.91 Å². The third kappa shape index (κ3) is 3.43. The Hall–Kier alpha value is -2.08. The highest BCUT2D eigenvalue weighted by Crippen LogP contribution is 2.30. The topological polar surface area (TPSA) is 59.4 Å². The molecule has 0 spiro atoms. The molecule has 1 aromatic heterocycles. The number of unbranched alkanes of at least 4 members (excludes halogenated alkanes) is 1. The Morgan fingerprint density at radius 2 is 2.15 bits per heavy atom. The Kier molecular flexibility index (Phi) is 5.11. The molecule has 2 aromatic rings. The van der Waals surface area contributed by atoms with Gasteiger partial charge < -0.3 is 15.0 Å². The molecule has 1 aromatic carbocycles. The maximum absolute atomic E-state index is 12.7. The van der Waals surface area contributed by atoms with E-state index in [1.807, 2.05) is 22.9 Å². The number of hydrogen-bond donors (Lipinski definition) is 1. The second kappa shape index (κ2) is 7.66. The van der Waals surface area contributed by atoms with Gasteiger partial charge in [-0.3, -0.25) is 9.48 Å². The van der Waals surface area contributed by atoms with Crippen molar-refractivity contribution in [2.24, 2.45) is 5.92 Å². The zero-order valence-electron chi connectivity index (χ0n) is 15.5. The van der Waals surface area contributed by atoms with Crippen molar-refractivity contribution < 1.29 is 9.53 Å². The summed E-state index contributed by atoms with van der Waals surface area (Å²) < 4.78 is 7.58. The van der Waals surface area contributed by atoms with Crippen LogP contribution in [0.15, 0.2) is 18.2 Å². The average Bonchev–Trinajstić information content (AvgIpc) is 3.06. The molecule has 1 N–H and O–H groups in total. The fourth-order valence-electron chi connectivity index (χ4n) is 4.01. The van der Waals surface area contributed by atoms with Gasteiger partial charge in [-0.1, -0.05) is 25.5 Å². The molecule has 0 unspecified atom stereocenters. The van der Waals surface area contributed by atoms with E-state index in [1.54, 1.807) is 0 Å². The number of ether oxygens (including phenoxy) is 1. The maximum atomic E-state index is 12.7. The minimum absolute atomic E-state index is 0.0683. The van der Waals surface area contributed by atoms with E-state index < -0.39 is 0 Å². The molecule has 0 radical (unpaired) electrons. The Morgan fingerprint density at radius 1 is 1.31 bits per heavy atom. The molecule has 0 bridgehead atoms. The Morgan fingerprint density at radius 3 is 2.96 bits per heavy atom. The molecule has 2 aliphatic heterocycles. The van der Waals surface area contributed by atoms with E-state index in [4.69, 9.17) is 4.74 Å². The van der Waals surface area contributed by atoms with Crippen molar-refractivity contribution in [1.29, 1.82) is 0 Å². The monoisotopic (exact) mass is 356 g/mol. The number of aromatic nitrogens is 2. The lowest BCUT2D eigenvalue weighted by atomic mass is 9.96. The normalized spacial score (nSPS) is 18.0. The lowest BCUT2D eigenvalue weighted by Gasteiger charge is -2.31. The van der Waals surface area contributed by atoms with Gasteiger partial charge in [0.2, 0.25) is 0 Å². The number of amides is 1. The van der Waals surface area contributed by atoms with Crippen LogP contribution in [0.3, 0.4) is 0 Å². The highest BCUT2D eigenvalue weighted by atomic mass is 16.5. The van der Waals surface area contributed by atoms with Crippen LogP contribution in [-0.4, -0.2) is 53.4 Å². The van der Waals surface area contributed by atoms with Crippen molar-refractivity contribution in [2.45, 2.75) is 39.2 Å². The lowest BCUT2D eigenvalue weighted by molar-refractivity contribution is 0.0931. The minimum Gasteiger partial charge on any atom is -0.489 e. The summed E-state index contributed by atoms with van der Waals surface area (Å²) >= 11 is 0. The molecular formula is C20H28N4O2. The lowest BCUT2D eigenvalue weighted by Crippen LogP contribution is -2.39. The van der Waals surface area contributed by atoms with Crippen LogP contribution < -0.4 is 10.1 Å². The Labute approximate surface area is 154 Å². The molecule has 3 heterocycles. The molecule has 0 atom stereocenters. The van der Waals surface area contributed by atoms with Gasteiger partial charge in [0.1, 0.15) is 17.9 Å². The number of carbonyl (C=O) groups excluding carboxylic acids is 1. The SMILES string of the molecule is CCCCN1CCC(CNC(=O)c2nn3c4c(cccc24)OCC3)CC1. The molecule has 0 saturated carbocycles. The summed E-state index contributed by atoms with van der Waals surface area (Å²) in [5.74, 6) is 1.32. The predicted octanol–water partition coefficient (Wildman–Crippen LogP) is 2.67. The second-order valence-corrected chi connectivity index (χ2v) is 7.42. The van der Waals surface area contributed by atoms with E-state index in [9.17, 15) is 4.79 Å². The smallest absolute Gasteiger partial charge is 0.272 e. The van der Waals surface area contributed by atoms with Crippen molar-refractivity contribution in [3.8, 4) is 5.75 Å². The molecular weight excluding hydrogens is 328 g/mol. The Bertz CT molecular complexity index is 777. The summed E-state index contributed by atoms with van der Waals surface area (Å²) in [6, 6.07) is 5.82. The molecule has 2 aliphatic rings. The van der Waals surface area contributed by atoms with Crippen LogP contribution in [-0.2, 0) is 6.54 Å². The molecule has 6 heteroatoms. The standard InChI is InChI=1S/C20H28N4O2/c1-2-3-9-23-10-7-15(8-11-23)14-21-20(25)18-16-5-4-6-17-19(16)24(22-18)12-13-26-17/h4-6,15H,2-3,7-14H2,1H3,(H,21,25). The van der Waals surface area contributed by atoms with Crippen molar-refractivity contribution >= 4 is 16.8 Å². The molecule has 6 nitrogen and oxygen atoms in total. The minimum atomic E-state index is -0.0683. The van der Waals surface area contributed by atoms with Crippen molar-refractivity contribution in [3.05, 3.63) is 23.9 Å². The Balaban J connectivity index is 1.37. The molecule has 0 aliphatic carbocycles. The second-order valence-electron chi connectivity index (χ2n) is 7.42. The number of benzene rings is 1. The zero-order valence-corrected chi connectivity index (χ0v) is 15.5. The largest absolute Gasteiger partial charge is 0.489 e. The van der Waals surface area contributed by atoms with Gasteiger partial charge in [0.15, 0.2) is 5.69 Å². The molecule has 1 amide bonds. The van der Waals surface area contributed by atoms with Crippen LogP contribution in [0.4, 0.5) is 0 Å². The third-order valence-electron chi connectivity index (χ3n) is 5.60. The van der Waals surface area contributed by atoms with Gasteiger partial charge in [-0.2, -0.15) is 5.10 Å². The van der Waals surface area contributed by atoms with Gasteiger partial charge in [0, 0.05) is 11.9 Å². The molecule has 1 saturated heterocycles. The summed E-state index contributed by atoms with van der Waals surface area (Å²) in [5.41, 5.74) is 1.46. The van der Waals surface area contributed by atoms with Crippen molar-refractivity contribution in [1.82, 2.24) is 20.0 Å². The zero-order chi connectivity index (χ0) is 17.9. The van der Waals surface area contributed by atoms with E-state index in [-0.39, 0.29) is 5.91 Å². The molecule has 4 rings (SSSR count). The number of nitrogens with zero attached hydrogens (tertiary/aromatic N) is 3. The van der Waals surface area contributed by atoms with E-state index in [2.05, 4.69) is 22.2 Å². The fourth-order valence-corrected chi connectivity index (χ4v) is 4.01. The molecule has 140 valence electrons.